The Labute approximate surface area is 264 Å². The summed E-state index contributed by atoms with van der Waals surface area (Å²) in [6.07, 6.45) is -1.01. The number of hydrogen-bond donors (Lipinski definition) is 2. The maximum Gasteiger partial charge on any atom is 0.308 e. The van der Waals surface area contributed by atoms with E-state index in [0.717, 1.165) is 10.8 Å². The molecular weight excluding hydrogens is 576 g/mol. The fraction of sp³-hybridized carbons (Fsp3) is 0.618. The van der Waals surface area contributed by atoms with Gasteiger partial charge in [0.1, 0.15) is 0 Å². The van der Waals surface area contributed by atoms with Crippen molar-refractivity contribution in [2.45, 2.75) is 104 Å². The number of nitrogens with one attached hydrogen (secondary N) is 2. The molecule has 0 fully saturated rings. The van der Waals surface area contributed by atoms with Crippen LogP contribution in [0.1, 0.15) is 71.7 Å². The fourth-order valence-corrected chi connectivity index (χ4v) is 6.25. The van der Waals surface area contributed by atoms with Crippen LogP contribution in [0.5, 0.6) is 0 Å². The lowest BCUT2D eigenvalue weighted by Gasteiger charge is -2.43. The second kappa shape index (κ2) is 16.5. The first-order valence-corrected chi connectivity index (χ1v) is 18.4. The van der Waals surface area contributed by atoms with E-state index in [9.17, 15) is 14.4 Å². The first kappa shape index (κ1) is 37.4. The zero-order valence-electron chi connectivity index (χ0n) is 28.5. The van der Waals surface area contributed by atoms with Gasteiger partial charge in [-0.05, 0) is 60.3 Å². The fourth-order valence-electron chi connectivity index (χ4n) is 4.90. The van der Waals surface area contributed by atoms with E-state index in [-0.39, 0.29) is 41.8 Å². The summed E-state index contributed by atoms with van der Waals surface area (Å²) in [5.41, 5.74) is 0.568. The molecule has 246 valence electrons. The van der Waals surface area contributed by atoms with Gasteiger partial charge in [-0.3, -0.25) is 14.4 Å². The van der Waals surface area contributed by atoms with Crippen molar-refractivity contribution in [1.29, 1.82) is 0 Å². The van der Waals surface area contributed by atoms with Crippen molar-refractivity contribution in [1.82, 2.24) is 10.6 Å². The zero-order valence-corrected chi connectivity index (χ0v) is 29.5. The Hall–Kier alpha value is -2.79. The minimum atomic E-state index is -2.32. The van der Waals surface area contributed by atoms with Crippen molar-refractivity contribution in [3.05, 3.63) is 48.0 Å². The van der Waals surface area contributed by atoms with Crippen LogP contribution in [0.25, 0.3) is 10.8 Å². The molecule has 2 aromatic carbocycles. The Bertz CT molecular complexity index is 1240. The average molecular weight is 631 g/mol. The van der Waals surface area contributed by atoms with E-state index in [2.05, 4.69) is 58.3 Å². The quantitative estimate of drug-likeness (QED) is 0.132. The average Bonchev–Trinajstić information content (AvgIpc) is 2.94. The van der Waals surface area contributed by atoms with Crippen LogP contribution in [0.15, 0.2) is 42.5 Å². The van der Waals surface area contributed by atoms with Crippen molar-refractivity contribution in [2.75, 3.05) is 20.8 Å². The Kier molecular flexibility index (Phi) is 14.0. The maximum absolute atomic E-state index is 13.6. The highest BCUT2D eigenvalue weighted by Gasteiger charge is 2.42. The number of ether oxygens (including phenoxy) is 3. The van der Waals surface area contributed by atoms with Crippen LogP contribution in [0.3, 0.4) is 0 Å². The van der Waals surface area contributed by atoms with Crippen LogP contribution in [0, 0.1) is 11.8 Å². The summed E-state index contributed by atoms with van der Waals surface area (Å²) in [5.74, 6) is -1.41. The SMILES string of the molecule is CCOC(=O)CC(NC(=O)C(C)CC(O[Si](C)(C)C(C)(C)C)C(NC(=O)c1ccc2ccccc2c1)C(C)C)C(OC)OC. The molecule has 10 heteroatoms. The topological polar surface area (TPSA) is 112 Å². The molecule has 2 rings (SSSR count). The highest BCUT2D eigenvalue weighted by molar-refractivity contribution is 6.74. The Balaban J connectivity index is 2.36. The maximum atomic E-state index is 13.6. The lowest BCUT2D eigenvalue weighted by molar-refractivity contribution is -0.155. The summed E-state index contributed by atoms with van der Waals surface area (Å²) in [6, 6.07) is 12.5. The zero-order chi connectivity index (χ0) is 33.2. The monoisotopic (exact) mass is 630 g/mol. The number of carbonyl (C=O) groups excluding carboxylic acids is 3. The molecule has 4 unspecified atom stereocenters. The summed E-state index contributed by atoms with van der Waals surface area (Å²) >= 11 is 0. The van der Waals surface area contributed by atoms with Crippen molar-refractivity contribution < 1.29 is 33.0 Å². The van der Waals surface area contributed by atoms with E-state index in [4.69, 9.17) is 18.6 Å². The van der Waals surface area contributed by atoms with Gasteiger partial charge in [0.25, 0.3) is 5.91 Å². The van der Waals surface area contributed by atoms with Crippen molar-refractivity contribution in [2.24, 2.45) is 11.8 Å². The van der Waals surface area contributed by atoms with Gasteiger partial charge in [0.2, 0.25) is 5.91 Å². The van der Waals surface area contributed by atoms with Crippen LogP contribution in [0.4, 0.5) is 0 Å². The van der Waals surface area contributed by atoms with Crippen LogP contribution < -0.4 is 10.6 Å². The minimum absolute atomic E-state index is 0.0207. The van der Waals surface area contributed by atoms with Crippen LogP contribution in [-0.4, -0.2) is 71.4 Å². The molecule has 0 aliphatic carbocycles. The van der Waals surface area contributed by atoms with Gasteiger partial charge in [-0.1, -0.05) is 71.9 Å². The molecule has 4 atom stereocenters. The number of hydrogen-bond acceptors (Lipinski definition) is 7. The van der Waals surface area contributed by atoms with Crippen LogP contribution in [0.2, 0.25) is 18.1 Å². The van der Waals surface area contributed by atoms with Gasteiger partial charge < -0.3 is 29.3 Å². The smallest absolute Gasteiger partial charge is 0.308 e. The van der Waals surface area contributed by atoms with Crippen LogP contribution >= 0.6 is 0 Å². The van der Waals surface area contributed by atoms with Gasteiger partial charge in [-0.25, -0.2) is 0 Å². The summed E-state index contributed by atoms with van der Waals surface area (Å²) < 4.78 is 22.8. The predicted molar refractivity (Wildman–Crippen MR) is 177 cm³/mol. The molecule has 2 aromatic rings. The van der Waals surface area contributed by atoms with Gasteiger partial charge in [-0.2, -0.15) is 0 Å². The molecule has 0 saturated heterocycles. The third-order valence-corrected chi connectivity index (χ3v) is 13.0. The molecule has 44 heavy (non-hydrogen) atoms. The normalized spacial score (nSPS) is 15.1. The number of rotatable bonds is 16. The second-order valence-corrected chi connectivity index (χ2v) is 18.1. The molecule has 0 saturated carbocycles. The molecular formula is C34H54N2O7Si. The first-order chi connectivity index (χ1) is 20.5. The summed E-state index contributed by atoms with van der Waals surface area (Å²) in [5, 5.41) is 8.16. The van der Waals surface area contributed by atoms with E-state index >= 15 is 0 Å². The molecule has 0 bridgehead atoms. The third kappa shape index (κ3) is 10.4. The number of methoxy groups -OCH3 is 2. The summed E-state index contributed by atoms with van der Waals surface area (Å²) in [6.45, 7) is 18.7. The third-order valence-electron chi connectivity index (χ3n) is 8.53. The van der Waals surface area contributed by atoms with Crippen molar-refractivity contribution in [3.8, 4) is 0 Å². The van der Waals surface area contributed by atoms with Gasteiger partial charge in [-0.15, -0.1) is 0 Å². The molecule has 0 spiro atoms. The molecule has 2 N–H and O–H groups in total. The highest BCUT2D eigenvalue weighted by atomic mass is 28.4. The molecule has 0 aliphatic heterocycles. The first-order valence-electron chi connectivity index (χ1n) is 15.5. The Morgan fingerprint density at radius 3 is 2.07 bits per heavy atom. The molecule has 9 nitrogen and oxygen atoms in total. The number of carbonyl (C=O) groups is 3. The number of fused-ring (bicyclic) bond motifs is 1. The van der Waals surface area contributed by atoms with Gasteiger partial charge in [0.05, 0.1) is 31.2 Å². The van der Waals surface area contributed by atoms with Crippen LogP contribution in [-0.2, 0) is 28.2 Å². The Morgan fingerprint density at radius 2 is 1.52 bits per heavy atom. The summed E-state index contributed by atoms with van der Waals surface area (Å²) in [7, 11) is 0.588. The summed E-state index contributed by atoms with van der Waals surface area (Å²) in [4.78, 5) is 39.5. The van der Waals surface area contributed by atoms with E-state index < -0.39 is 38.6 Å². The molecule has 0 aliphatic rings. The van der Waals surface area contributed by atoms with E-state index in [1.165, 1.54) is 14.2 Å². The largest absolute Gasteiger partial charge is 0.466 e. The standard InChI is InChI=1S/C34H54N2O7Si/c1-12-42-29(37)21-27(33(40-8)41-9)35-31(38)23(4)19-28(43-44(10,11)34(5,6)7)30(22(2)3)36-32(39)26-18-17-24-15-13-14-16-25(24)20-26/h13-18,20,22-23,27-28,30,33H,12,19,21H2,1-11H3,(H,35,38)(H,36,39). The molecule has 2 amide bonds. The van der Waals surface area contributed by atoms with Gasteiger partial charge >= 0.3 is 5.97 Å². The number of benzene rings is 2. The number of esters is 1. The molecule has 0 aromatic heterocycles. The minimum Gasteiger partial charge on any atom is -0.466 e. The van der Waals surface area contributed by atoms with Crippen molar-refractivity contribution >= 4 is 36.9 Å². The number of amides is 2. The highest BCUT2D eigenvalue weighted by Crippen LogP contribution is 2.39. The molecule has 0 heterocycles. The van der Waals surface area contributed by atoms with Gasteiger partial charge in [0, 0.05) is 25.7 Å². The Morgan fingerprint density at radius 1 is 0.909 bits per heavy atom. The lowest BCUT2D eigenvalue weighted by atomic mass is 9.91. The van der Waals surface area contributed by atoms with E-state index in [1.807, 2.05) is 49.4 Å². The van der Waals surface area contributed by atoms with Crippen molar-refractivity contribution in [3.63, 3.8) is 0 Å². The van der Waals surface area contributed by atoms with E-state index in [1.54, 1.807) is 6.92 Å². The predicted octanol–water partition coefficient (Wildman–Crippen LogP) is 6.07. The second-order valence-electron chi connectivity index (χ2n) is 13.3. The van der Waals surface area contributed by atoms with E-state index in [0.29, 0.717) is 12.0 Å². The van der Waals surface area contributed by atoms with Gasteiger partial charge in [0.15, 0.2) is 14.6 Å². The molecule has 0 radical (unpaired) electrons. The lowest BCUT2D eigenvalue weighted by Crippen LogP contribution is -2.55.